The molecule has 0 heterocycles. The van der Waals surface area contributed by atoms with Crippen molar-refractivity contribution in [1.29, 1.82) is 0 Å². The molecule has 15 heteroatoms. The van der Waals surface area contributed by atoms with Crippen LogP contribution in [-0.2, 0) is 43.7 Å². The molecule has 45 heavy (non-hydrogen) atoms. The first kappa shape index (κ1) is 37.4. The summed E-state index contributed by atoms with van der Waals surface area (Å²) in [6, 6.07) is 0. The molecule has 0 aromatic rings. The van der Waals surface area contributed by atoms with Crippen molar-refractivity contribution in [2.75, 3.05) is 0 Å². The van der Waals surface area contributed by atoms with Crippen LogP contribution in [-0.4, -0.2) is 57.2 Å². The highest BCUT2D eigenvalue weighted by Gasteiger charge is 2.64. The van der Waals surface area contributed by atoms with Gasteiger partial charge in [-0.25, -0.2) is 25.3 Å². The zero-order chi connectivity index (χ0) is 34.0. The second kappa shape index (κ2) is 12.8. The van der Waals surface area contributed by atoms with Crippen LogP contribution in [0.1, 0.15) is 113 Å². The van der Waals surface area contributed by atoms with Gasteiger partial charge < -0.3 is 13.7 Å². The second-order valence-corrected chi connectivity index (χ2v) is 18.8. The Morgan fingerprint density at radius 1 is 0.733 bits per heavy atom. The molecule has 4 saturated carbocycles. The maximum atomic E-state index is 12.0. The fourth-order valence-corrected chi connectivity index (χ4v) is 12.0. The Morgan fingerprint density at radius 2 is 1.27 bits per heavy atom. The Kier molecular flexibility index (Phi) is 10.7. The Bertz CT molecular complexity index is 1400. The van der Waals surface area contributed by atoms with Crippen LogP contribution >= 0.6 is 0 Å². The molecular formula is C30H51O12S3-3. The highest BCUT2D eigenvalue weighted by molar-refractivity contribution is 7.81. The van der Waals surface area contributed by atoms with Gasteiger partial charge in [-0.2, -0.15) is 0 Å². The van der Waals surface area contributed by atoms with Crippen LogP contribution in [0.15, 0.2) is 0 Å². The van der Waals surface area contributed by atoms with E-state index in [1.807, 2.05) is 6.92 Å². The first-order valence-corrected chi connectivity index (χ1v) is 20.3. The van der Waals surface area contributed by atoms with Crippen LogP contribution in [0.2, 0.25) is 0 Å². The van der Waals surface area contributed by atoms with Gasteiger partial charge in [-0.3, -0.25) is 12.5 Å². The summed E-state index contributed by atoms with van der Waals surface area (Å²) in [7, 11) is -15.8. The smallest absolute Gasteiger partial charge is 0.217 e. The fourth-order valence-electron chi connectivity index (χ4n) is 10.4. The summed E-state index contributed by atoms with van der Waals surface area (Å²) in [5.74, 6) is 0.821. The summed E-state index contributed by atoms with van der Waals surface area (Å²) in [6.45, 7) is 15.7. The van der Waals surface area contributed by atoms with Crippen molar-refractivity contribution in [2.24, 2.45) is 57.7 Å². The minimum atomic E-state index is -5.35. The average Bonchev–Trinajstić information content (AvgIpc) is 3.23. The van der Waals surface area contributed by atoms with Crippen molar-refractivity contribution in [3.05, 3.63) is 0 Å². The zero-order valence-corrected chi connectivity index (χ0v) is 29.9. The summed E-state index contributed by atoms with van der Waals surface area (Å²) in [6.07, 6.45) is 2.28. The first-order valence-electron chi connectivity index (χ1n) is 16.3. The van der Waals surface area contributed by atoms with Crippen molar-refractivity contribution >= 4 is 31.2 Å². The van der Waals surface area contributed by atoms with Crippen molar-refractivity contribution < 1.29 is 51.5 Å². The minimum Gasteiger partial charge on any atom is -0.726 e. The van der Waals surface area contributed by atoms with E-state index < -0.39 is 60.8 Å². The molecule has 4 aliphatic carbocycles. The van der Waals surface area contributed by atoms with Crippen LogP contribution in [0, 0.1) is 57.7 Å². The maximum Gasteiger partial charge on any atom is 0.217 e. The highest BCUT2D eigenvalue weighted by atomic mass is 32.3. The highest BCUT2D eigenvalue weighted by Crippen LogP contribution is 2.69. The van der Waals surface area contributed by atoms with E-state index in [0.29, 0.717) is 17.8 Å². The third-order valence-electron chi connectivity index (χ3n) is 13.4. The summed E-state index contributed by atoms with van der Waals surface area (Å²) in [4.78, 5) is 0. The summed E-state index contributed by atoms with van der Waals surface area (Å²) >= 11 is 0. The molecule has 12 nitrogen and oxygen atoms in total. The van der Waals surface area contributed by atoms with Gasteiger partial charge in [0.15, 0.2) is 0 Å². The van der Waals surface area contributed by atoms with Crippen LogP contribution < -0.4 is 0 Å². The summed E-state index contributed by atoms with van der Waals surface area (Å²) in [5.41, 5.74) is -0.661. The van der Waals surface area contributed by atoms with Gasteiger partial charge in [0.1, 0.15) is 12.2 Å². The molecule has 0 bridgehead atoms. The van der Waals surface area contributed by atoms with E-state index in [2.05, 4.69) is 45.7 Å². The third-order valence-corrected chi connectivity index (χ3v) is 14.9. The van der Waals surface area contributed by atoms with Gasteiger partial charge in [0.05, 0.1) is 6.10 Å². The molecule has 4 rings (SSSR count). The molecule has 0 radical (unpaired) electrons. The molecule has 0 spiro atoms. The van der Waals surface area contributed by atoms with E-state index in [0.717, 1.165) is 44.9 Å². The van der Waals surface area contributed by atoms with Gasteiger partial charge in [-0.15, -0.1) is 0 Å². The average molecular weight is 700 g/mol. The summed E-state index contributed by atoms with van der Waals surface area (Å²) < 4.78 is 120. The fraction of sp³-hybridized carbons (Fsp3) is 1.00. The molecular weight excluding hydrogens is 649 g/mol. The largest absolute Gasteiger partial charge is 0.726 e. The van der Waals surface area contributed by atoms with Gasteiger partial charge in [-0.05, 0) is 109 Å². The molecule has 0 aromatic heterocycles. The molecule has 12 atom stereocenters. The molecule has 4 aliphatic rings. The molecule has 264 valence electrons. The molecule has 12 unspecified atom stereocenters. The lowest BCUT2D eigenvalue weighted by molar-refractivity contribution is -0.184. The van der Waals surface area contributed by atoms with E-state index >= 15 is 0 Å². The lowest BCUT2D eigenvalue weighted by Crippen LogP contribution is -2.62. The van der Waals surface area contributed by atoms with E-state index in [-0.39, 0.29) is 47.8 Å². The normalized spacial score (nSPS) is 40.7. The van der Waals surface area contributed by atoms with Crippen LogP contribution in [0.3, 0.4) is 0 Å². The lowest BCUT2D eigenvalue weighted by Gasteiger charge is -2.63. The van der Waals surface area contributed by atoms with E-state index in [4.69, 9.17) is 8.37 Å². The second-order valence-electron chi connectivity index (χ2n) is 15.8. The van der Waals surface area contributed by atoms with Crippen molar-refractivity contribution in [3.63, 3.8) is 0 Å². The molecule has 0 N–H and O–H groups in total. The van der Waals surface area contributed by atoms with E-state index in [9.17, 15) is 38.9 Å². The van der Waals surface area contributed by atoms with Gasteiger partial charge in [0.2, 0.25) is 31.2 Å². The minimum absolute atomic E-state index is 0.0284. The Balaban J connectivity index is 1.65. The van der Waals surface area contributed by atoms with Crippen molar-refractivity contribution in [3.8, 4) is 0 Å². The van der Waals surface area contributed by atoms with Crippen molar-refractivity contribution in [1.82, 2.24) is 0 Å². The topological polar surface area (TPSA) is 199 Å². The van der Waals surface area contributed by atoms with Gasteiger partial charge in [0, 0.05) is 0 Å². The Morgan fingerprint density at radius 3 is 1.82 bits per heavy atom. The first-order chi connectivity index (χ1) is 20.4. The molecule has 0 amide bonds. The van der Waals surface area contributed by atoms with Gasteiger partial charge in [-0.1, -0.05) is 61.3 Å². The number of fused-ring (bicyclic) bond motifs is 5. The molecule has 4 fully saturated rings. The van der Waals surface area contributed by atoms with Crippen molar-refractivity contribution in [2.45, 2.75) is 131 Å². The van der Waals surface area contributed by atoms with E-state index in [1.165, 1.54) is 0 Å². The SMILES string of the molecule is CCC(C)(C)C(C)CCC(C)C1CCC2C3CC(OS(=O)(=O)[O-])C4CC(OS(=O)(=O)[O-])C(OS(=O)(=O)[O-])CC4(C)C3CCC12C. The molecule has 0 aromatic carbocycles. The summed E-state index contributed by atoms with van der Waals surface area (Å²) in [5, 5.41) is 0. The maximum absolute atomic E-state index is 12.0. The van der Waals surface area contributed by atoms with E-state index in [1.54, 1.807) is 0 Å². The van der Waals surface area contributed by atoms with Crippen LogP contribution in [0.25, 0.3) is 0 Å². The lowest BCUT2D eigenvalue weighted by atomic mass is 9.43. The number of hydrogen-bond acceptors (Lipinski definition) is 12. The third kappa shape index (κ3) is 8.09. The van der Waals surface area contributed by atoms with Crippen LogP contribution in [0.4, 0.5) is 0 Å². The molecule has 0 aliphatic heterocycles. The molecule has 0 saturated heterocycles. The number of hydrogen-bond donors (Lipinski definition) is 0. The van der Waals surface area contributed by atoms with Gasteiger partial charge >= 0.3 is 0 Å². The number of rotatable bonds is 12. The standard InChI is InChI=1S/C30H54O12S3/c1-8-28(4,5)19(3)10-9-18(2)21-11-12-22-20-15-25(40-43(31,32)33)24-16-26(41-44(34,35)36)27(42-45(37,38)39)17-30(24,7)23(20)13-14-29(21,22)6/h18-27H,8-17H2,1-7H3,(H,31,32,33)(H,34,35,36)(H,37,38,39)/p-3. The zero-order valence-electron chi connectivity index (χ0n) is 27.5. The van der Waals surface area contributed by atoms with Gasteiger partial charge in [0.25, 0.3) is 0 Å². The predicted molar refractivity (Wildman–Crippen MR) is 161 cm³/mol. The Labute approximate surface area is 270 Å². The predicted octanol–water partition coefficient (Wildman–Crippen LogP) is 4.89. The Hall–Kier alpha value is -0.390. The quantitative estimate of drug-likeness (QED) is 0.198. The monoisotopic (exact) mass is 699 g/mol. The van der Waals surface area contributed by atoms with Crippen LogP contribution in [0.5, 0.6) is 0 Å².